The second kappa shape index (κ2) is 7.34. The molecule has 2 aromatic heterocycles. The number of carbonyl (C=O) groups is 1. The third-order valence-corrected chi connectivity index (χ3v) is 4.91. The third kappa shape index (κ3) is 3.75. The summed E-state index contributed by atoms with van der Waals surface area (Å²) >= 11 is 2.67. The molecule has 3 aromatic rings. The fourth-order valence-electron chi connectivity index (χ4n) is 2.11. The number of thiophene rings is 1. The van der Waals surface area contributed by atoms with Crippen LogP contribution in [-0.2, 0) is 6.42 Å². The van der Waals surface area contributed by atoms with E-state index in [2.05, 4.69) is 14.9 Å². The van der Waals surface area contributed by atoms with E-state index in [0.29, 0.717) is 17.1 Å². The number of methoxy groups -OCH3 is 1. The van der Waals surface area contributed by atoms with Crippen LogP contribution in [0.4, 0.5) is 0 Å². The van der Waals surface area contributed by atoms with Crippen molar-refractivity contribution in [3.63, 3.8) is 0 Å². The quantitative estimate of drug-likeness (QED) is 0.745. The van der Waals surface area contributed by atoms with Gasteiger partial charge in [-0.3, -0.25) is 4.79 Å². The van der Waals surface area contributed by atoms with Gasteiger partial charge in [-0.2, -0.15) is 0 Å². The normalized spacial score (nSPS) is 10.5. The Morgan fingerprint density at radius 2 is 2.09 bits per heavy atom. The summed E-state index contributed by atoms with van der Waals surface area (Å²) < 4.78 is 9.04. The molecule has 3 rings (SSSR count). The molecule has 0 aliphatic carbocycles. The number of nitrogens with zero attached hydrogens (tertiary/aromatic N) is 2. The van der Waals surface area contributed by atoms with Gasteiger partial charge >= 0.3 is 0 Å². The topological polar surface area (TPSA) is 64.1 Å². The molecule has 1 aromatic carbocycles. The van der Waals surface area contributed by atoms with Crippen LogP contribution in [0.2, 0.25) is 0 Å². The minimum Gasteiger partial charge on any atom is -0.497 e. The SMILES string of the molecule is COc1ccc(CCNC(=O)c2snnc2-c2cccs2)cc1. The fourth-order valence-corrected chi connectivity index (χ4v) is 3.48. The van der Waals surface area contributed by atoms with Crippen LogP contribution in [0.15, 0.2) is 41.8 Å². The van der Waals surface area contributed by atoms with Crippen molar-refractivity contribution in [2.75, 3.05) is 13.7 Å². The molecular formula is C16H15N3O2S2. The van der Waals surface area contributed by atoms with Gasteiger partial charge in [0.15, 0.2) is 0 Å². The van der Waals surface area contributed by atoms with Gasteiger partial charge in [-0.25, -0.2) is 0 Å². The van der Waals surface area contributed by atoms with Crippen molar-refractivity contribution in [2.24, 2.45) is 0 Å². The zero-order chi connectivity index (χ0) is 16.1. The lowest BCUT2D eigenvalue weighted by molar-refractivity contribution is 0.0958. The fraction of sp³-hybridized carbons (Fsp3) is 0.188. The van der Waals surface area contributed by atoms with Gasteiger partial charge in [0.25, 0.3) is 5.91 Å². The van der Waals surface area contributed by atoms with E-state index in [0.717, 1.165) is 34.1 Å². The second-order valence-corrected chi connectivity index (χ2v) is 6.48. The van der Waals surface area contributed by atoms with Crippen LogP contribution >= 0.6 is 22.9 Å². The van der Waals surface area contributed by atoms with Crippen LogP contribution in [0.25, 0.3) is 10.6 Å². The van der Waals surface area contributed by atoms with Gasteiger partial charge in [0.2, 0.25) is 0 Å². The van der Waals surface area contributed by atoms with Crippen molar-refractivity contribution in [3.05, 3.63) is 52.2 Å². The minimum absolute atomic E-state index is 0.128. The number of hydrogen-bond donors (Lipinski definition) is 1. The molecule has 0 aliphatic heterocycles. The monoisotopic (exact) mass is 345 g/mol. The number of rotatable bonds is 6. The molecule has 1 N–H and O–H groups in total. The van der Waals surface area contributed by atoms with Crippen molar-refractivity contribution in [1.82, 2.24) is 14.9 Å². The first-order chi connectivity index (χ1) is 11.3. The van der Waals surface area contributed by atoms with Crippen molar-refractivity contribution in [2.45, 2.75) is 6.42 Å². The van der Waals surface area contributed by atoms with Crippen molar-refractivity contribution in [1.29, 1.82) is 0 Å². The van der Waals surface area contributed by atoms with E-state index < -0.39 is 0 Å². The van der Waals surface area contributed by atoms with E-state index in [1.54, 1.807) is 18.4 Å². The summed E-state index contributed by atoms with van der Waals surface area (Å²) in [5.74, 6) is 0.700. The maximum Gasteiger partial charge on any atom is 0.265 e. The molecule has 0 fully saturated rings. The number of nitrogens with one attached hydrogen (secondary N) is 1. The van der Waals surface area contributed by atoms with Crippen LogP contribution in [0.1, 0.15) is 15.2 Å². The Morgan fingerprint density at radius 3 is 2.78 bits per heavy atom. The molecule has 0 aliphatic rings. The van der Waals surface area contributed by atoms with Gasteiger partial charge < -0.3 is 10.1 Å². The first-order valence-electron chi connectivity index (χ1n) is 7.05. The minimum atomic E-state index is -0.128. The summed E-state index contributed by atoms with van der Waals surface area (Å²) in [7, 11) is 1.64. The molecule has 0 atom stereocenters. The zero-order valence-corrected chi connectivity index (χ0v) is 14.1. The largest absolute Gasteiger partial charge is 0.497 e. The Hall–Kier alpha value is -2.25. The summed E-state index contributed by atoms with van der Waals surface area (Å²) in [6.45, 7) is 0.562. The highest BCUT2D eigenvalue weighted by Crippen LogP contribution is 2.27. The zero-order valence-electron chi connectivity index (χ0n) is 12.5. The number of amides is 1. The number of hydrogen-bond acceptors (Lipinski definition) is 6. The van der Waals surface area contributed by atoms with Crippen LogP contribution in [-0.4, -0.2) is 29.1 Å². The van der Waals surface area contributed by atoms with Gasteiger partial charge in [-0.05, 0) is 47.1 Å². The van der Waals surface area contributed by atoms with Crippen LogP contribution in [0.5, 0.6) is 5.75 Å². The maximum atomic E-state index is 12.3. The summed E-state index contributed by atoms with van der Waals surface area (Å²) in [5.41, 5.74) is 1.80. The molecule has 0 bridgehead atoms. The first kappa shape index (κ1) is 15.6. The van der Waals surface area contributed by atoms with Gasteiger partial charge in [0.1, 0.15) is 16.3 Å². The smallest absolute Gasteiger partial charge is 0.265 e. The Labute approximate surface area is 142 Å². The molecule has 7 heteroatoms. The second-order valence-electron chi connectivity index (χ2n) is 4.78. The lowest BCUT2D eigenvalue weighted by Gasteiger charge is -2.05. The molecule has 0 unspecified atom stereocenters. The Balaban J connectivity index is 1.58. The molecule has 23 heavy (non-hydrogen) atoms. The van der Waals surface area contributed by atoms with E-state index in [1.165, 1.54) is 0 Å². The number of carbonyl (C=O) groups excluding carboxylic acids is 1. The van der Waals surface area contributed by atoms with Gasteiger partial charge in [-0.15, -0.1) is 16.4 Å². The Morgan fingerprint density at radius 1 is 1.26 bits per heavy atom. The molecule has 0 saturated carbocycles. The van der Waals surface area contributed by atoms with Crippen LogP contribution in [0.3, 0.4) is 0 Å². The van der Waals surface area contributed by atoms with Crippen molar-refractivity contribution >= 4 is 28.8 Å². The molecule has 0 saturated heterocycles. The van der Waals surface area contributed by atoms with Gasteiger partial charge in [0.05, 0.1) is 12.0 Å². The lowest BCUT2D eigenvalue weighted by Crippen LogP contribution is -2.25. The van der Waals surface area contributed by atoms with Gasteiger partial charge in [-0.1, -0.05) is 22.7 Å². The van der Waals surface area contributed by atoms with Crippen LogP contribution < -0.4 is 10.1 Å². The summed E-state index contributed by atoms with van der Waals surface area (Å²) in [6, 6.07) is 11.7. The number of ether oxygens (including phenoxy) is 1. The number of aromatic nitrogens is 2. The standard InChI is InChI=1S/C16H15N3O2S2/c1-21-12-6-4-11(5-7-12)8-9-17-16(20)15-14(18-19-23-15)13-3-2-10-22-13/h2-7,10H,8-9H2,1H3,(H,17,20). The third-order valence-electron chi connectivity index (χ3n) is 3.31. The highest BCUT2D eigenvalue weighted by atomic mass is 32.1. The molecule has 1 amide bonds. The van der Waals surface area contributed by atoms with E-state index in [1.807, 2.05) is 41.8 Å². The summed E-state index contributed by atoms with van der Waals surface area (Å²) in [6.07, 6.45) is 0.760. The summed E-state index contributed by atoms with van der Waals surface area (Å²) in [5, 5.41) is 8.96. The molecule has 0 radical (unpaired) electrons. The first-order valence-corrected chi connectivity index (χ1v) is 8.70. The average molecular weight is 345 g/mol. The lowest BCUT2D eigenvalue weighted by atomic mass is 10.1. The average Bonchev–Trinajstić information content (AvgIpc) is 3.26. The van der Waals surface area contributed by atoms with E-state index in [-0.39, 0.29) is 5.91 Å². The Kier molecular flexibility index (Phi) is 4.99. The maximum absolute atomic E-state index is 12.3. The van der Waals surface area contributed by atoms with Crippen molar-refractivity contribution in [3.8, 4) is 16.3 Å². The molecular weight excluding hydrogens is 330 g/mol. The predicted molar refractivity (Wildman–Crippen MR) is 92.3 cm³/mol. The van der Waals surface area contributed by atoms with Gasteiger partial charge in [0, 0.05) is 6.54 Å². The molecule has 0 spiro atoms. The molecule has 5 nitrogen and oxygen atoms in total. The number of benzene rings is 1. The summed E-state index contributed by atoms with van der Waals surface area (Å²) in [4.78, 5) is 13.8. The predicted octanol–water partition coefficient (Wildman–Crippen LogP) is 3.25. The molecule has 118 valence electrons. The highest BCUT2D eigenvalue weighted by molar-refractivity contribution is 7.14. The highest BCUT2D eigenvalue weighted by Gasteiger charge is 2.17. The van der Waals surface area contributed by atoms with E-state index >= 15 is 0 Å². The Bertz CT molecular complexity index is 767. The van der Waals surface area contributed by atoms with E-state index in [9.17, 15) is 4.79 Å². The van der Waals surface area contributed by atoms with Crippen LogP contribution in [0, 0.1) is 0 Å². The molecule has 2 heterocycles. The van der Waals surface area contributed by atoms with Crippen molar-refractivity contribution < 1.29 is 9.53 Å². The van der Waals surface area contributed by atoms with E-state index in [4.69, 9.17) is 4.74 Å².